The minimum Gasteiger partial charge on any atom is -0.396 e. The first kappa shape index (κ1) is 18.4. The zero-order valence-electron chi connectivity index (χ0n) is 15.0. The van der Waals surface area contributed by atoms with Crippen molar-refractivity contribution in [2.45, 2.75) is 27.3 Å². The summed E-state index contributed by atoms with van der Waals surface area (Å²) in [6.07, 6.45) is 0. The number of likely N-dealkylation sites (tertiary alicyclic amines) is 1. The van der Waals surface area contributed by atoms with E-state index in [0.29, 0.717) is 18.4 Å². The molecule has 0 saturated carbocycles. The molecule has 0 amide bonds. The third-order valence-corrected chi connectivity index (χ3v) is 5.28. The zero-order chi connectivity index (χ0) is 17.0. The minimum absolute atomic E-state index is 0.197. The van der Waals surface area contributed by atoms with E-state index in [4.69, 9.17) is 5.11 Å². The second-order valence-corrected chi connectivity index (χ2v) is 6.79. The summed E-state index contributed by atoms with van der Waals surface area (Å²) in [4.78, 5) is 4.72. The third kappa shape index (κ3) is 4.32. The van der Waals surface area contributed by atoms with Crippen LogP contribution >= 0.6 is 0 Å². The number of nitrogens with zero attached hydrogens (tertiary/aromatic N) is 4. The van der Waals surface area contributed by atoms with Gasteiger partial charge in [-0.2, -0.15) is 5.10 Å². The van der Waals surface area contributed by atoms with E-state index < -0.39 is 0 Å². The van der Waals surface area contributed by atoms with Crippen molar-refractivity contribution in [3.05, 3.63) is 17.0 Å². The molecular weight excluding hydrogens is 292 g/mol. The van der Waals surface area contributed by atoms with Crippen molar-refractivity contribution in [1.82, 2.24) is 19.6 Å². The van der Waals surface area contributed by atoms with Gasteiger partial charge in [0.05, 0.1) is 12.3 Å². The second-order valence-electron chi connectivity index (χ2n) is 6.79. The van der Waals surface area contributed by atoms with E-state index in [-0.39, 0.29) is 13.2 Å². The van der Waals surface area contributed by atoms with Gasteiger partial charge in [-0.05, 0) is 32.2 Å². The summed E-state index contributed by atoms with van der Waals surface area (Å²) < 4.78 is 1.95. The van der Waals surface area contributed by atoms with Gasteiger partial charge >= 0.3 is 0 Å². The van der Waals surface area contributed by atoms with Gasteiger partial charge in [0.15, 0.2) is 0 Å². The Hall–Kier alpha value is -0.950. The van der Waals surface area contributed by atoms with Crippen molar-refractivity contribution < 1.29 is 10.2 Å². The molecule has 2 rings (SSSR count). The first-order valence-corrected chi connectivity index (χ1v) is 8.65. The Kier molecular flexibility index (Phi) is 6.59. The van der Waals surface area contributed by atoms with E-state index in [9.17, 15) is 5.11 Å². The summed E-state index contributed by atoms with van der Waals surface area (Å²) in [6.45, 7) is 12.2. The van der Waals surface area contributed by atoms with Crippen LogP contribution in [0.2, 0.25) is 0 Å². The molecule has 0 aromatic carbocycles. The molecule has 0 radical (unpaired) electrons. The summed E-state index contributed by atoms with van der Waals surface area (Å²) in [7, 11) is 1.99. The molecule has 0 spiro atoms. The van der Waals surface area contributed by atoms with Crippen LogP contribution in [0, 0.1) is 25.7 Å². The van der Waals surface area contributed by atoms with Crippen LogP contribution in [0.3, 0.4) is 0 Å². The van der Waals surface area contributed by atoms with Gasteiger partial charge < -0.3 is 15.1 Å². The summed E-state index contributed by atoms with van der Waals surface area (Å²) in [6, 6.07) is 0. The lowest BCUT2D eigenvalue weighted by atomic mass is 9.96. The highest BCUT2D eigenvalue weighted by Crippen LogP contribution is 2.27. The molecular formula is C17H32N4O2. The van der Waals surface area contributed by atoms with E-state index in [2.05, 4.69) is 35.7 Å². The maximum atomic E-state index is 9.74. The molecule has 132 valence electrons. The van der Waals surface area contributed by atoms with Crippen LogP contribution in [-0.4, -0.2) is 75.7 Å². The van der Waals surface area contributed by atoms with Crippen molar-refractivity contribution >= 4 is 0 Å². The molecule has 1 saturated heterocycles. The Balaban J connectivity index is 2.00. The first-order valence-electron chi connectivity index (χ1n) is 8.65. The van der Waals surface area contributed by atoms with E-state index in [1.807, 2.05) is 11.7 Å². The topological polar surface area (TPSA) is 64.8 Å². The van der Waals surface area contributed by atoms with Crippen LogP contribution in [0.5, 0.6) is 0 Å². The summed E-state index contributed by atoms with van der Waals surface area (Å²) in [5.41, 5.74) is 3.64. The largest absolute Gasteiger partial charge is 0.396 e. The van der Waals surface area contributed by atoms with E-state index in [1.165, 1.54) is 11.3 Å². The molecule has 6 heteroatoms. The Morgan fingerprint density at radius 3 is 2.43 bits per heavy atom. The molecule has 0 unspecified atom stereocenters. The van der Waals surface area contributed by atoms with Crippen LogP contribution in [0.4, 0.5) is 0 Å². The summed E-state index contributed by atoms with van der Waals surface area (Å²) in [5, 5.41) is 23.4. The van der Waals surface area contributed by atoms with Crippen molar-refractivity contribution in [3.8, 4) is 0 Å². The zero-order valence-corrected chi connectivity index (χ0v) is 15.0. The lowest BCUT2D eigenvalue weighted by Crippen LogP contribution is -2.35. The molecule has 0 aliphatic carbocycles. The molecule has 2 atom stereocenters. The number of hydrogen-bond acceptors (Lipinski definition) is 5. The predicted octanol–water partition coefficient (Wildman–Crippen LogP) is 0.391. The third-order valence-electron chi connectivity index (χ3n) is 5.28. The Morgan fingerprint density at radius 2 is 1.91 bits per heavy atom. The highest BCUT2D eigenvalue weighted by atomic mass is 16.3. The lowest BCUT2D eigenvalue weighted by Gasteiger charge is -2.25. The smallest absolute Gasteiger partial charge is 0.0641 e. The van der Waals surface area contributed by atoms with Gasteiger partial charge in [-0.25, -0.2) is 0 Å². The van der Waals surface area contributed by atoms with Gasteiger partial charge in [-0.1, -0.05) is 6.92 Å². The lowest BCUT2D eigenvalue weighted by molar-refractivity contribution is 0.147. The quantitative estimate of drug-likeness (QED) is 0.724. The molecule has 6 nitrogen and oxygen atoms in total. The highest BCUT2D eigenvalue weighted by molar-refractivity contribution is 5.24. The molecule has 1 aromatic rings. The Labute approximate surface area is 139 Å². The van der Waals surface area contributed by atoms with Gasteiger partial charge in [0.1, 0.15) is 0 Å². The van der Waals surface area contributed by atoms with Crippen LogP contribution in [0.15, 0.2) is 0 Å². The summed E-state index contributed by atoms with van der Waals surface area (Å²) in [5.74, 6) is 0.781. The average molecular weight is 324 g/mol. The fourth-order valence-electron chi connectivity index (χ4n) is 3.70. The van der Waals surface area contributed by atoms with Crippen molar-refractivity contribution in [1.29, 1.82) is 0 Å². The number of hydrogen-bond donors (Lipinski definition) is 2. The maximum Gasteiger partial charge on any atom is 0.0641 e. The molecule has 2 N–H and O–H groups in total. The number of aliphatic hydroxyl groups is 2. The first-order chi connectivity index (χ1) is 11.0. The van der Waals surface area contributed by atoms with Crippen LogP contribution in [0.1, 0.15) is 23.9 Å². The normalized spacial score (nSPS) is 22.4. The fourth-order valence-corrected chi connectivity index (χ4v) is 3.70. The minimum atomic E-state index is 0.197. The van der Waals surface area contributed by atoms with Crippen molar-refractivity contribution in [2.24, 2.45) is 18.9 Å². The molecule has 1 fully saturated rings. The predicted molar refractivity (Wildman–Crippen MR) is 91.2 cm³/mol. The Bertz CT molecular complexity index is 503. The van der Waals surface area contributed by atoms with Crippen LogP contribution < -0.4 is 0 Å². The van der Waals surface area contributed by atoms with E-state index in [1.54, 1.807) is 0 Å². The van der Waals surface area contributed by atoms with Crippen LogP contribution in [0.25, 0.3) is 0 Å². The molecule has 1 aliphatic heterocycles. The van der Waals surface area contributed by atoms with Gasteiger partial charge in [0, 0.05) is 57.6 Å². The molecule has 23 heavy (non-hydrogen) atoms. The average Bonchev–Trinajstić information content (AvgIpc) is 3.02. The maximum absolute atomic E-state index is 9.74. The van der Waals surface area contributed by atoms with Crippen LogP contribution in [-0.2, 0) is 13.6 Å². The number of rotatable bonds is 8. The van der Waals surface area contributed by atoms with Gasteiger partial charge in [-0.3, -0.25) is 9.58 Å². The van der Waals surface area contributed by atoms with Gasteiger partial charge in [0.2, 0.25) is 0 Å². The van der Waals surface area contributed by atoms with Gasteiger partial charge in [0.25, 0.3) is 0 Å². The van der Waals surface area contributed by atoms with E-state index in [0.717, 1.165) is 38.4 Å². The number of likely N-dealkylation sites (N-methyl/N-ethyl adjacent to an activating group) is 1. The number of aryl methyl sites for hydroxylation is 2. The highest BCUT2D eigenvalue weighted by Gasteiger charge is 2.33. The van der Waals surface area contributed by atoms with Crippen molar-refractivity contribution in [3.63, 3.8) is 0 Å². The monoisotopic (exact) mass is 324 g/mol. The second kappa shape index (κ2) is 8.24. The molecule has 2 heterocycles. The fraction of sp³-hybridized carbons (Fsp3) is 0.824. The molecule has 1 aliphatic rings. The molecule has 1 aromatic heterocycles. The SMILES string of the molecule is CCN(CCO)C[C@H]1CN(Cc2c(C)nn(C)c2C)C[C@H]1CO. The van der Waals surface area contributed by atoms with Crippen molar-refractivity contribution in [2.75, 3.05) is 45.9 Å². The van der Waals surface area contributed by atoms with E-state index >= 15 is 0 Å². The van der Waals surface area contributed by atoms with Gasteiger partial charge in [-0.15, -0.1) is 0 Å². The standard InChI is InChI=1S/C17H32N4O2/c1-5-20(6-7-22)8-15-9-21(10-16(15)12-23)11-17-13(2)18-19(4)14(17)3/h15-16,22-23H,5-12H2,1-4H3/t15-,16-/m0/s1. The molecule has 0 bridgehead atoms. The summed E-state index contributed by atoms with van der Waals surface area (Å²) >= 11 is 0. The number of aliphatic hydroxyl groups excluding tert-OH is 2. The Morgan fingerprint density at radius 1 is 1.22 bits per heavy atom. The number of aromatic nitrogens is 2.